The second-order valence-corrected chi connectivity index (χ2v) is 5.50. The molecule has 1 unspecified atom stereocenters. The molecule has 1 N–H and O–H groups in total. The van der Waals surface area contributed by atoms with Gasteiger partial charge in [0.2, 0.25) is 0 Å². The number of benzene rings is 1. The summed E-state index contributed by atoms with van der Waals surface area (Å²) >= 11 is 5.29. The molecule has 1 aromatic carbocycles. The van der Waals surface area contributed by atoms with E-state index in [1.165, 1.54) is 11.1 Å². The van der Waals surface area contributed by atoms with Gasteiger partial charge in [0.05, 0.1) is 12.6 Å². The van der Waals surface area contributed by atoms with E-state index in [4.69, 9.17) is 4.74 Å². The van der Waals surface area contributed by atoms with Crippen LogP contribution in [0.1, 0.15) is 24.1 Å². The molecule has 1 atom stereocenters. The lowest BCUT2D eigenvalue weighted by molar-refractivity contribution is 0.339. The van der Waals surface area contributed by atoms with Crippen molar-refractivity contribution in [2.24, 2.45) is 0 Å². The van der Waals surface area contributed by atoms with Crippen LogP contribution in [0, 0.1) is 0 Å². The third-order valence-electron chi connectivity index (χ3n) is 2.74. The van der Waals surface area contributed by atoms with Crippen molar-refractivity contribution in [3.05, 3.63) is 50.6 Å². The van der Waals surface area contributed by atoms with Gasteiger partial charge in [0, 0.05) is 9.85 Å². The van der Waals surface area contributed by atoms with Crippen LogP contribution < -0.4 is 10.1 Å². The second kappa shape index (κ2) is 6.36. The van der Waals surface area contributed by atoms with Gasteiger partial charge >= 0.3 is 0 Å². The Morgan fingerprint density at radius 3 is 2.83 bits per heavy atom. The van der Waals surface area contributed by atoms with Crippen molar-refractivity contribution in [2.45, 2.75) is 13.0 Å². The summed E-state index contributed by atoms with van der Waals surface area (Å²) in [5.41, 5.74) is 2.47. The quantitative estimate of drug-likeness (QED) is 0.888. The fraction of sp³-hybridized carbons (Fsp3) is 0.286. The van der Waals surface area contributed by atoms with Gasteiger partial charge in [0.25, 0.3) is 0 Å². The van der Waals surface area contributed by atoms with Gasteiger partial charge in [-0.1, -0.05) is 12.1 Å². The van der Waals surface area contributed by atoms with Crippen LogP contribution in [0.3, 0.4) is 0 Å². The summed E-state index contributed by atoms with van der Waals surface area (Å²) in [4.78, 5) is 0. The van der Waals surface area contributed by atoms with E-state index in [0.29, 0.717) is 6.61 Å². The minimum Gasteiger partial charge on any atom is -0.494 e. The Morgan fingerprint density at radius 1 is 1.39 bits per heavy atom. The van der Waals surface area contributed by atoms with E-state index in [9.17, 15) is 0 Å². The summed E-state index contributed by atoms with van der Waals surface area (Å²) in [6, 6.07) is 8.42. The maximum Gasteiger partial charge on any atom is 0.119 e. The Hall–Kier alpha value is -0.840. The summed E-state index contributed by atoms with van der Waals surface area (Å²) in [5.74, 6) is 0.918. The molecule has 0 amide bonds. The third-order valence-corrected chi connectivity index (χ3v) is 4.50. The number of halogens is 1. The van der Waals surface area contributed by atoms with Crippen molar-refractivity contribution >= 4 is 27.3 Å². The van der Waals surface area contributed by atoms with Crippen molar-refractivity contribution in [2.75, 3.05) is 13.7 Å². The smallest absolute Gasteiger partial charge is 0.119 e. The Balaban J connectivity index is 2.33. The first-order valence-corrected chi connectivity index (χ1v) is 7.61. The monoisotopic (exact) mass is 325 g/mol. The van der Waals surface area contributed by atoms with E-state index in [-0.39, 0.29) is 6.04 Å². The summed E-state index contributed by atoms with van der Waals surface area (Å²) in [5, 5.41) is 7.62. The highest BCUT2D eigenvalue weighted by atomic mass is 79.9. The lowest BCUT2D eigenvalue weighted by Gasteiger charge is -2.17. The van der Waals surface area contributed by atoms with Gasteiger partial charge < -0.3 is 10.1 Å². The Bertz CT molecular complexity index is 512. The molecule has 1 aromatic heterocycles. The lowest BCUT2D eigenvalue weighted by atomic mass is 10.0. The average molecular weight is 326 g/mol. The van der Waals surface area contributed by atoms with E-state index in [2.05, 4.69) is 44.1 Å². The molecule has 96 valence electrons. The summed E-state index contributed by atoms with van der Waals surface area (Å²) in [6.07, 6.45) is 0. The molecule has 0 spiro atoms. The van der Waals surface area contributed by atoms with Crippen molar-refractivity contribution in [1.82, 2.24) is 5.32 Å². The van der Waals surface area contributed by atoms with Gasteiger partial charge in [0.15, 0.2) is 0 Å². The predicted molar refractivity (Wildman–Crippen MR) is 80.5 cm³/mol. The highest BCUT2D eigenvalue weighted by Crippen LogP contribution is 2.32. The zero-order valence-electron chi connectivity index (χ0n) is 10.4. The van der Waals surface area contributed by atoms with Gasteiger partial charge in [0.1, 0.15) is 5.75 Å². The minimum absolute atomic E-state index is 0.186. The van der Waals surface area contributed by atoms with Crippen LogP contribution in [-0.2, 0) is 0 Å². The summed E-state index contributed by atoms with van der Waals surface area (Å²) in [7, 11) is 1.97. The summed E-state index contributed by atoms with van der Waals surface area (Å²) < 4.78 is 6.70. The van der Waals surface area contributed by atoms with Crippen LogP contribution in [-0.4, -0.2) is 13.7 Å². The zero-order chi connectivity index (χ0) is 13.0. The number of hydrogen-bond donors (Lipinski definition) is 1. The first-order valence-electron chi connectivity index (χ1n) is 5.88. The Kier molecular flexibility index (Phi) is 4.80. The lowest BCUT2D eigenvalue weighted by Crippen LogP contribution is -2.17. The number of nitrogens with one attached hydrogen (secondary N) is 1. The normalized spacial score (nSPS) is 12.4. The molecule has 0 aliphatic rings. The van der Waals surface area contributed by atoms with E-state index >= 15 is 0 Å². The van der Waals surface area contributed by atoms with Gasteiger partial charge in [-0.2, -0.15) is 11.3 Å². The van der Waals surface area contributed by atoms with Crippen LogP contribution in [0.5, 0.6) is 5.75 Å². The van der Waals surface area contributed by atoms with Gasteiger partial charge in [-0.15, -0.1) is 0 Å². The van der Waals surface area contributed by atoms with Crippen molar-refractivity contribution < 1.29 is 4.74 Å². The first kappa shape index (κ1) is 13.6. The number of thiophene rings is 1. The average Bonchev–Trinajstić information content (AvgIpc) is 2.78. The maximum absolute atomic E-state index is 5.55. The molecule has 2 rings (SSSR count). The molecule has 0 aliphatic heterocycles. The van der Waals surface area contributed by atoms with E-state index in [1.807, 2.05) is 26.1 Å². The molecule has 0 radical (unpaired) electrons. The second-order valence-electron chi connectivity index (χ2n) is 3.90. The van der Waals surface area contributed by atoms with Crippen LogP contribution in [0.25, 0.3) is 0 Å². The highest BCUT2D eigenvalue weighted by molar-refractivity contribution is 9.10. The molecular weight excluding hydrogens is 310 g/mol. The fourth-order valence-electron chi connectivity index (χ4n) is 1.95. The van der Waals surface area contributed by atoms with Gasteiger partial charge in [-0.25, -0.2) is 0 Å². The molecule has 0 fully saturated rings. The molecule has 0 bridgehead atoms. The molecule has 1 heterocycles. The van der Waals surface area contributed by atoms with Gasteiger partial charge in [-0.05, 0) is 58.5 Å². The molecule has 2 aromatic rings. The topological polar surface area (TPSA) is 21.3 Å². The van der Waals surface area contributed by atoms with Crippen LogP contribution >= 0.6 is 27.3 Å². The largest absolute Gasteiger partial charge is 0.494 e. The zero-order valence-corrected chi connectivity index (χ0v) is 12.8. The van der Waals surface area contributed by atoms with Crippen molar-refractivity contribution in [3.8, 4) is 5.75 Å². The third kappa shape index (κ3) is 2.94. The molecule has 18 heavy (non-hydrogen) atoms. The number of rotatable bonds is 5. The van der Waals surface area contributed by atoms with Crippen LogP contribution in [0.4, 0.5) is 0 Å². The molecule has 2 nitrogen and oxygen atoms in total. The van der Waals surface area contributed by atoms with Crippen LogP contribution in [0.2, 0.25) is 0 Å². The predicted octanol–water partition coefficient (Wildman–Crippen LogP) is 4.22. The Labute approximate surface area is 120 Å². The SMILES string of the molecule is CCOc1cccc(C(NC)c2cscc2Br)c1. The molecule has 4 heteroatoms. The summed E-state index contributed by atoms with van der Waals surface area (Å²) in [6.45, 7) is 2.69. The standard InChI is InChI=1S/C14H16BrNOS/c1-3-17-11-6-4-5-10(7-11)14(16-2)12-8-18-9-13(12)15/h4-9,14,16H,3H2,1-2H3. The van der Waals surface area contributed by atoms with E-state index < -0.39 is 0 Å². The van der Waals surface area contributed by atoms with Crippen LogP contribution in [0.15, 0.2) is 39.5 Å². The number of ether oxygens (including phenoxy) is 1. The molecular formula is C14H16BrNOS. The van der Waals surface area contributed by atoms with E-state index in [1.54, 1.807) is 11.3 Å². The molecule has 0 aliphatic carbocycles. The minimum atomic E-state index is 0.186. The maximum atomic E-state index is 5.55. The molecule has 0 saturated carbocycles. The molecule has 0 saturated heterocycles. The van der Waals surface area contributed by atoms with Gasteiger partial charge in [-0.3, -0.25) is 0 Å². The van der Waals surface area contributed by atoms with E-state index in [0.717, 1.165) is 10.2 Å². The number of hydrogen-bond acceptors (Lipinski definition) is 3. The highest BCUT2D eigenvalue weighted by Gasteiger charge is 2.16. The fourth-order valence-corrected chi connectivity index (χ4v) is 3.50. The first-order chi connectivity index (χ1) is 8.76. The Morgan fingerprint density at radius 2 is 2.22 bits per heavy atom. The van der Waals surface area contributed by atoms with Crippen molar-refractivity contribution in [1.29, 1.82) is 0 Å². The van der Waals surface area contributed by atoms with Crippen molar-refractivity contribution in [3.63, 3.8) is 0 Å².